The Morgan fingerprint density at radius 3 is 2.18 bits per heavy atom. The number of carbonyl (C=O) groups is 1. The summed E-state index contributed by atoms with van der Waals surface area (Å²) in [5.74, 6) is 0. The largest absolute Gasteiger partial charge is 0.340 e. The van der Waals surface area contributed by atoms with E-state index in [9.17, 15) is 4.79 Å². The molecular weight excluding hydrogens is 162 g/mol. The minimum atomic E-state index is -0.406. The fourth-order valence-electron chi connectivity index (χ4n) is 1.58. The van der Waals surface area contributed by atoms with E-state index in [-0.39, 0.29) is 0 Å². The van der Waals surface area contributed by atoms with Crippen molar-refractivity contribution in [2.75, 3.05) is 0 Å². The van der Waals surface area contributed by atoms with Gasteiger partial charge in [0.2, 0.25) is 0 Å². The van der Waals surface area contributed by atoms with E-state index >= 15 is 0 Å². The molecule has 2 nitrogen and oxygen atoms in total. The molecule has 0 aromatic carbocycles. The monoisotopic (exact) mass is 175 g/mol. The second-order valence-corrected chi connectivity index (χ2v) is 3.45. The van der Waals surface area contributed by atoms with Gasteiger partial charge in [0.25, 0.3) is 0 Å². The van der Waals surface area contributed by atoms with Gasteiger partial charge in [-0.3, -0.25) is 4.79 Å². The van der Waals surface area contributed by atoms with E-state index in [4.69, 9.17) is 11.6 Å². The van der Waals surface area contributed by atoms with E-state index in [0.29, 0.717) is 6.04 Å². The zero-order valence-electron chi connectivity index (χ0n) is 6.61. The number of nitrogens with one attached hydrogen (secondary N) is 1. The average molecular weight is 176 g/mol. The molecule has 0 aliphatic heterocycles. The molecule has 0 heterocycles. The predicted molar refractivity (Wildman–Crippen MR) is 45.9 cm³/mol. The van der Waals surface area contributed by atoms with Gasteiger partial charge >= 0.3 is 5.37 Å². The average Bonchev–Trinajstić information content (AvgIpc) is 2.14. The Labute approximate surface area is 72.3 Å². The van der Waals surface area contributed by atoms with Crippen molar-refractivity contribution in [2.24, 2.45) is 0 Å². The molecule has 1 aliphatic rings. The maximum Gasteiger partial charge on any atom is 0.314 e. The third kappa shape index (κ3) is 3.61. The molecule has 0 radical (unpaired) electrons. The molecule has 0 saturated heterocycles. The minimum absolute atomic E-state index is 0.336. The van der Waals surface area contributed by atoms with Gasteiger partial charge in [-0.1, -0.05) is 25.7 Å². The summed E-state index contributed by atoms with van der Waals surface area (Å²) in [4.78, 5) is 10.5. The highest BCUT2D eigenvalue weighted by atomic mass is 35.5. The van der Waals surface area contributed by atoms with E-state index in [1.165, 1.54) is 25.7 Å². The molecule has 0 bridgehead atoms. The summed E-state index contributed by atoms with van der Waals surface area (Å²) in [5, 5.41) is 2.34. The lowest BCUT2D eigenvalue weighted by Crippen LogP contribution is -2.30. The second-order valence-electron chi connectivity index (χ2n) is 3.11. The van der Waals surface area contributed by atoms with Crippen molar-refractivity contribution in [1.29, 1.82) is 0 Å². The molecule has 64 valence electrons. The van der Waals surface area contributed by atoms with E-state index in [1.807, 2.05) is 0 Å². The molecule has 0 unspecified atom stereocenters. The normalized spacial score (nSPS) is 20.8. The Kier molecular flexibility index (Phi) is 3.70. The van der Waals surface area contributed by atoms with Crippen molar-refractivity contribution in [2.45, 2.75) is 44.6 Å². The number of hydrogen-bond acceptors (Lipinski definition) is 1. The Balaban J connectivity index is 2.25. The van der Waals surface area contributed by atoms with E-state index in [1.54, 1.807) is 0 Å². The number of carbonyl (C=O) groups excluding carboxylic acids is 1. The predicted octanol–water partition coefficient (Wildman–Crippen LogP) is 2.66. The first-order chi connectivity index (χ1) is 5.29. The van der Waals surface area contributed by atoms with Crippen LogP contribution in [0.1, 0.15) is 38.5 Å². The Bertz CT molecular complexity index is 130. The Morgan fingerprint density at radius 1 is 1.18 bits per heavy atom. The van der Waals surface area contributed by atoms with Crippen LogP contribution in [0, 0.1) is 0 Å². The number of halogens is 1. The number of rotatable bonds is 1. The van der Waals surface area contributed by atoms with Gasteiger partial charge in [0.15, 0.2) is 0 Å². The van der Waals surface area contributed by atoms with Crippen molar-refractivity contribution in [3.8, 4) is 0 Å². The maximum absolute atomic E-state index is 10.5. The first kappa shape index (κ1) is 8.85. The van der Waals surface area contributed by atoms with Crippen molar-refractivity contribution >= 4 is 17.0 Å². The molecule has 0 aromatic rings. The standard InChI is InChI=1S/C8H14ClNO/c9-8(11)10-7-5-3-1-2-4-6-7/h7H,1-6H2,(H,10,11). The van der Waals surface area contributed by atoms with Crippen LogP contribution >= 0.6 is 11.6 Å². The lowest BCUT2D eigenvalue weighted by atomic mass is 10.1. The highest BCUT2D eigenvalue weighted by molar-refractivity contribution is 6.62. The summed E-state index contributed by atoms with van der Waals surface area (Å²) in [6, 6.07) is 0.336. The van der Waals surface area contributed by atoms with Crippen LogP contribution in [-0.4, -0.2) is 11.4 Å². The molecular formula is C8H14ClNO. The van der Waals surface area contributed by atoms with Crippen molar-refractivity contribution in [3.63, 3.8) is 0 Å². The Morgan fingerprint density at radius 2 is 1.73 bits per heavy atom. The SMILES string of the molecule is O=C(Cl)NC1CCCCCC1. The van der Waals surface area contributed by atoms with Gasteiger partial charge in [0.05, 0.1) is 0 Å². The van der Waals surface area contributed by atoms with E-state index < -0.39 is 5.37 Å². The highest BCUT2D eigenvalue weighted by Crippen LogP contribution is 2.17. The van der Waals surface area contributed by atoms with Crippen molar-refractivity contribution in [1.82, 2.24) is 5.32 Å². The topological polar surface area (TPSA) is 29.1 Å². The molecule has 1 rings (SSSR count). The van der Waals surface area contributed by atoms with Crippen LogP contribution < -0.4 is 5.32 Å². The third-order valence-corrected chi connectivity index (χ3v) is 2.28. The summed E-state index contributed by atoms with van der Waals surface area (Å²) in [5.41, 5.74) is 0. The summed E-state index contributed by atoms with van der Waals surface area (Å²) in [7, 11) is 0. The lowest BCUT2D eigenvalue weighted by molar-refractivity contribution is 0.255. The van der Waals surface area contributed by atoms with Gasteiger partial charge in [-0.2, -0.15) is 0 Å². The summed E-state index contributed by atoms with van der Waals surface area (Å²) in [6.07, 6.45) is 7.24. The van der Waals surface area contributed by atoms with Crippen molar-refractivity contribution in [3.05, 3.63) is 0 Å². The zero-order chi connectivity index (χ0) is 8.10. The molecule has 0 aromatic heterocycles. The third-order valence-electron chi connectivity index (χ3n) is 2.17. The molecule has 1 aliphatic carbocycles. The van der Waals surface area contributed by atoms with Crippen LogP contribution in [0.25, 0.3) is 0 Å². The molecule has 1 fully saturated rings. The second kappa shape index (κ2) is 4.60. The van der Waals surface area contributed by atoms with Crippen LogP contribution in [0.15, 0.2) is 0 Å². The summed E-state index contributed by atoms with van der Waals surface area (Å²) in [6.45, 7) is 0. The molecule has 1 amide bonds. The summed E-state index contributed by atoms with van der Waals surface area (Å²) >= 11 is 5.21. The van der Waals surface area contributed by atoms with Gasteiger partial charge in [-0.15, -0.1) is 0 Å². The highest BCUT2D eigenvalue weighted by Gasteiger charge is 2.12. The van der Waals surface area contributed by atoms with Gasteiger partial charge in [0.1, 0.15) is 0 Å². The fraction of sp³-hybridized carbons (Fsp3) is 0.875. The van der Waals surface area contributed by atoms with Gasteiger partial charge in [-0.05, 0) is 24.4 Å². The quantitative estimate of drug-likeness (QED) is 0.371. The van der Waals surface area contributed by atoms with Crippen LogP contribution in [0.5, 0.6) is 0 Å². The molecule has 1 saturated carbocycles. The van der Waals surface area contributed by atoms with Gasteiger partial charge < -0.3 is 5.32 Å². The van der Waals surface area contributed by atoms with Crippen LogP contribution in [0.2, 0.25) is 0 Å². The molecule has 1 N–H and O–H groups in total. The maximum atomic E-state index is 10.5. The first-order valence-electron chi connectivity index (χ1n) is 4.25. The van der Waals surface area contributed by atoms with E-state index in [0.717, 1.165) is 12.8 Å². The Hall–Kier alpha value is -0.240. The molecule has 3 heteroatoms. The zero-order valence-corrected chi connectivity index (χ0v) is 7.36. The summed E-state index contributed by atoms with van der Waals surface area (Å²) < 4.78 is 0. The fourth-order valence-corrected chi connectivity index (χ4v) is 1.74. The van der Waals surface area contributed by atoms with Crippen molar-refractivity contribution < 1.29 is 4.79 Å². The van der Waals surface area contributed by atoms with Gasteiger partial charge in [-0.25, -0.2) is 0 Å². The van der Waals surface area contributed by atoms with Crippen LogP contribution in [-0.2, 0) is 0 Å². The van der Waals surface area contributed by atoms with E-state index in [2.05, 4.69) is 5.32 Å². The first-order valence-corrected chi connectivity index (χ1v) is 4.63. The number of hydrogen-bond donors (Lipinski definition) is 1. The molecule has 0 spiro atoms. The van der Waals surface area contributed by atoms with Crippen LogP contribution in [0.4, 0.5) is 4.79 Å². The van der Waals surface area contributed by atoms with Gasteiger partial charge in [0, 0.05) is 6.04 Å². The lowest BCUT2D eigenvalue weighted by Gasteiger charge is -2.12. The molecule has 0 atom stereocenters. The number of amides is 1. The molecule has 11 heavy (non-hydrogen) atoms. The van der Waals surface area contributed by atoms with Crippen LogP contribution in [0.3, 0.4) is 0 Å². The smallest absolute Gasteiger partial charge is 0.314 e. The minimum Gasteiger partial charge on any atom is -0.340 e.